The molecule has 0 bridgehead atoms. The van der Waals surface area contributed by atoms with Crippen molar-refractivity contribution in [3.63, 3.8) is 0 Å². The van der Waals surface area contributed by atoms with Crippen molar-refractivity contribution in [2.45, 2.75) is 50.2 Å². The largest absolute Gasteiger partial charge is 0.350 e. The first-order chi connectivity index (χ1) is 9.61. The molecule has 3 rings (SSSR count). The molecule has 1 amide bonds. The maximum Gasteiger partial charge on any atom is 0.266 e. The number of Topliss-reactive ketones (excluding diaryl/α,β-unsaturated/α-hetero) is 1. The Kier molecular flexibility index (Phi) is 3.32. The Labute approximate surface area is 117 Å². The Bertz CT molecular complexity index is 551. The Morgan fingerprint density at radius 1 is 1.20 bits per heavy atom. The van der Waals surface area contributed by atoms with Crippen LogP contribution in [-0.2, 0) is 11.2 Å². The number of hydrogen-bond acceptors (Lipinski definition) is 2. The summed E-state index contributed by atoms with van der Waals surface area (Å²) >= 11 is 0. The number of nitrogens with one attached hydrogen (secondary N) is 1. The zero-order chi connectivity index (χ0) is 14.2. The van der Waals surface area contributed by atoms with Gasteiger partial charge in [-0.05, 0) is 18.4 Å². The van der Waals surface area contributed by atoms with Crippen molar-refractivity contribution in [2.24, 2.45) is 0 Å². The van der Waals surface area contributed by atoms with Crippen molar-refractivity contribution in [2.75, 3.05) is 0 Å². The molecule has 0 radical (unpaired) electrons. The average Bonchev–Trinajstić information content (AvgIpc) is 2.73. The number of alkyl halides is 1. The third-order valence-corrected chi connectivity index (χ3v) is 4.36. The zero-order valence-electron chi connectivity index (χ0n) is 11.3. The quantitative estimate of drug-likeness (QED) is 0.843. The van der Waals surface area contributed by atoms with Crippen LogP contribution in [0, 0.1) is 0 Å². The predicted molar refractivity (Wildman–Crippen MR) is 73.3 cm³/mol. The number of amides is 1. The molecule has 1 aromatic carbocycles. The molecule has 2 aliphatic carbocycles. The van der Waals surface area contributed by atoms with Gasteiger partial charge in [-0.1, -0.05) is 43.5 Å². The summed E-state index contributed by atoms with van der Waals surface area (Å²) in [5.74, 6) is -1.45. The molecular formula is C16H18FNO2. The van der Waals surface area contributed by atoms with Gasteiger partial charge < -0.3 is 5.32 Å². The van der Waals surface area contributed by atoms with Gasteiger partial charge in [0.2, 0.25) is 5.78 Å². The lowest BCUT2D eigenvalue weighted by atomic mass is 9.93. The second-order valence-electron chi connectivity index (χ2n) is 5.77. The lowest BCUT2D eigenvalue weighted by Gasteiger charge is -2.26. The van der Waals surface area contributed by atoms with Crippen LogP contribution in [0.25, 0.3) is 0 Å². The van der Waals surface area contributed by atoms with Crippen molar-refractivity contribution in [3.8, 4) is 0 Å². The summed E-state index contributed by atoms with van der Waals surface area (Å²) in [6, 6.07) is 6.77. The molecule has 0 aromatic heterocycles. The lowest BCUT2D eigenvalue weighted by Crippen LogP contribution is -2.51. The summed E-state index contributed by atoms with van der Waals surface area (Å²) in [5, 5.41) is 2.73. The highest BCUT2D eigenvalue weighted by Crippen LogP contribution is 2.33. The molecule has 1 N–H and O–H groups in total. The highest BCUT2D eigenvalue weighted by atomic mass is 19.1. The number of carbonyl (C=O) groups excluding carboxylic acids is 2. The van der Waals surface area contributed by atoms with E-state index in [-0.39, 0.29) is 12.5 Å². The normalized spacial score (nSPS) is 26.4. The number of ketones is 1. The van der Waals surface area contributed by atoms with E-state index in [9.17, 15) is 14.0 Å². The topological polar surface area (TPSA) is 46.2 Å². The minimum Gasteiger partial charge on any atom is -0.350 e. The SMILES string of the molecule is O=C(NC1CCCCC1)[C@]1(F)Cc2ccccc2C1=O. The third kappa shape index (κ3) is 2.13. The van der Waals surface area contributed by atoms with E-state index in [1.807, 2.05) is 0 Å². The number of hydrogen-bond donors (Lipinski definition) is 1. The van der Waals surface area contributed by atoms with Crippen molar-refractivity contribution >= 4 is 11.7 Å². The van der Waals surface area contributed by atoms with Crippen LogP contribution in [0.15, 0.2) is 24.3 Å². The van der Waals surface area contributed by atoms with Crippen LogP contribution < -0.4 is 5.32 Å². The molecule has 1 atom stereocenters. The van der Waals surface area contributed by atoms with Gasteiger partial charge in [-0.15, -0.1) is 0 Å². The van der Waals surface area contributed by atoms with Gasteiger partial charge in [-0.2, -0.15) is 0 Å². The van der Waals surface area contributed by atoms with E-state index in [1.54, 1.807) is 24.3 Å². The van der Waals surface area contributed by atoms with Gasteiger partial charge in [0.25, 0.3) is 11.6 Å². The molecule has 0 spiro atoms. The third-order valence-electron chi connectivity index (χ3n) is 4.36. The summed E-state index contributed by atoms with van der Waals surface area (Å²) in [6.07, 6.45) is 4.89. The molecule has 3 nitrogen and oxygen atoms in total. The number of halogens is 1. The first kappa shape index (κ1) is 13.3. The van der Waals surface area contributed by atoms with Gasteiger partial charge in [0.05, 0.1) is 0 Å². The molecule has 1 saturated carbocycles. The van der Waals surface area contributed by atoms with Gasteiger partial charge in [0.1, 0.15) is 0 Å². The smallest absolute Gasteiger partial charge is 0.266 e. The molecule has 0 saturated heterocycles. The fourth-order valence-electron chi connectivity index (χ4n) is 3.18. The van der Waals surface area contributed by atoms with Crippen molar-refractivity contribution in [1.82, 2.24) is 5.32 Å². The molecule has 1 aromatic rings. The summed E-state index contributed by atoms with van der Waals surface area (Å²) in [4.78, 5) is 24.4. The Morgan fingerprint density at radius 3 is 2.60 bits per heavy atom. The van der Waals surface area contributed by atoms with E-state index >= 15 is 0 Å². The predicted octanol–water partition coefficient (Wildman–Crippen LogP) is 2.58. The van der Waals surface area contributed by atoms with E-state index in [0.717, 1.165) is 32.1 Å². The number of benzene rings is 1. The van der Waals surface area contributed by atoms with Crippen LogP contribution in [0.2, 0.25) is 0 Å². The van der Waals surface area contributed by atoms with E-state index in [1.165, 1.54) is 0 Å². The first-order valence-corrected chi connectivity index (χ1v) is 7.24. The second kappa shape index (κ2) is 5.00. The zero-order valence-corrected chi connectivity index (χ0v) is 11.3. The summed E-state index contributed by atoms with van der Waals surface area (Å²) in [7, 11) is 0. The molecule has 4 heteroatoms. The van der Waals surface area contributed by atoms with Crippen LogP contribution in [0.3, 0.4) is 0 Å². The van der Waals surface area contributed by atoms with Crippen LogP contribution in [0.4, 0.5) is 4.39 Å². The molecule has 0 heterocycles. The van der Waals surface area contributed by atoms with Gasteiger partial charge in [-0.25, -0.2) is 4.39 Å². The highest BCUT2D eigenvalue weighted by molar-refractivity contribution is 6.20. The number of fused-ring (bicyclic) bond motifs is 1. The van der Waals surface area contributed by atoms with Gasteiger partial charge in [-0.3, -0.25) is 9.59 Å². The van der Waals surface area contributed by atoms with Crippen molar-refractivity contribution in [3.05, 3.63) is 35.4 Å². The number of carbonyl (C=O) groups is 2. The lowest BCUT2D eigenvalue weighted by molar-refractivity contribution is -0.130. The monoisotopic (exact) mass is 275 g/mol. The average molecular weight is 275 g/mol. The molecule has 106 valence electrons. The fourth-order valence-corrected chi connectivity index (χ4v) is 3.18. The summed E-state index contributed by atoms with van der Waals surface area (Å²) < 4.78 is 14.9. The molecular weight excluding hydrogens is 257 g/mol. The summed E-state index contributed by atoms with van der Waals surface area (Å²) in [6.45, 7) is 0. The van der Waals surface area contributed by atoms with Crippen LogP contribution >= 0.6 is 0 Å². The molecule has 0 unspecified atom stereocenters. The first-order valence-electron chi connectivity index (χ1n) is 7.24. The van der Waals surface area contributed by atoms with Crippen molar-refractivity contribution < 1.29 is 14.0 Å². The molecule has 0 aliphatic heterocycles. The Balaban J connectivity index is 1.76. The van der Waals surface area contributed by atoms with Crippen LogP contribution in [0.1, 0.15) is 48.0 Å². The number of rotatable bonds is 2. The van der Waals surface area contributed by atoms with Gasteiger partial charge in [0.15, 0.2) is 0 Å². The van der Waals surface area contributed by atoms with Crippen LogP contribution in [0.5, 0.6) is 0 Å². The Morgan fingerprint density at radius 2 is 1.90 bits per heavy atom. The highest BCUT2D eigenvalue weighted by Gasteiger charge is 2.52. The maximum absolute atomic E-state index is 14.9. The Hall–Kier alpha value is -1.71. The standard InChI is InChI=1S/C16H18FNO2/c17-16(15(20)18-12-7-2-1-3-8-12)10-11-6-4-5-9-13(11)14(16)19/h4-6,9,12H,1-3,7-8,10H2,(H,18,20)/t16-/m0/s1. The minimum absolute atomic E-state index is 0.0142. The van der Waals surface area contributed by atoms with E-state index in [0.29, 0.717) is 11.1 Å². The second-order valence-corrected chi connectivity index (χ2v) is 5.77. The van der Waals surface area contributed by atoms with E-state index in [2.05, 4.69) is 5.32 Å². The van der Waals surface area contributed by atoms with Gasteiger partial charge >= 0.3 is 0 Å². The molecule has 1 fully saturated rings. The van der Waals surface area contributed by atoms with Gasteiger partial charge in [0, 0.05) is 18.0 Å². The molecule has 20 heavy (non-hydrogen) atoms. The maximum atomic E-state index is 14.9. The van der Waals surface area contributed by atoms with Crippen molar-refractivity contribution in [1.29, 1.82) is 0 Å². The van der Waals surface area contributed by atoms with Crippen LogP contribution in [-0.4, -0.2) is 23.4 Å². The molecule has 2 aliphatic rings. The fraction of sp³-hybridized carbons (Fsp3) is 0.500. The van der Waals surface area contributed by atoms with E-state index in [4.69, 9.17) is 0 Å². The minimum atomic E-state index is -2.42. The summed E-state index contributed by atoms with van der Waals surface area (Å²) in [5.41, 5.74) is -1.45. The van der Waals surface area contributed by atoms with E-state index < -0.39 is 17.4 Å².